The Hall–Kier alpha value is 0.0900. The van der Waals surface area contributed by atoms with E-state index in [2.05, 4.69) is 75.8 Å². The van der Waals surface area contributed by atoms with Crippen molar-refractivity contribution in [3.8, 4) is 11.5 Å². The molecule has 11 heteroatoms. The summed E-state index contributed by atoms with van der Waals surface area (Å²) in [5.41, 5.74) is 3.63. The van der Waals surface area contributed by atoms with Crippen molar-refractivity contribution in [3.05, 3.63) is 46.5 Å². The van der Waals surface area contributed by atoms with Gasteiger partial charge in [0.1, 0.15) is 11.5 Å². The molecule has 0 amide bonds. The third kappa shape index (κ3) is 11.8. The van der Waals surface area contributed by atoms with Gasteiger partial charge in [-0.2, -0.15) is 75.8 Å². The molecule has 0 heterocycles. The minimum atomic E-state index is -3.82. The van der Waals surface area contributed by atoms with Crippen molar-refractivity contribution >= 4 is 85.6 Å². The van der Waals surface area contributed by atoms with Crippen LogP contribution in [0, 0.1) is 0 Å². The Morgan fingerprint density at radius 1 is 0.463 bits per heavy atom. The van der Waals surface area contributed by atoms with Crippen LogP contribution in [0.25, 0.3) is 0 Å². The van der Waals surface area contributed by atoms with E-state index in [9.17, 15) is 8.42 Å². The molecule has 0 saturated carbocycles. The number of rotatable bonds is 22. The van der Waals surface area contributed by atoms with Crippen LogP contribution in [0.1, 0.15) is 60.8 Å². The fourth-order valence-corrected chi connectivity index (χ4v) is 6.91. The van der Waals surface area contributed by atoms with Crippen LogP contribution in [0.4, 0.5) is 0 Å². The molecule has 2 aromatic carbocycles. The Morgan fingerprint density at radius 2 is 0.732 bits per heavy atom. The maximum Gasteiger partial charge on any atom is 0.206 e. The zero-order valence-electron chi connectivity index (χ0n) is 23.8. The molecule has 0 saturated heterocycles. The molecule has 2 rings (SSSR count). The lowest BCUT2D eigenvalue weighted by Crippen LogP contribution is -2.11. The Balaban J connectivity index is 2.71. The van der Waals surface area contributed by atoms with E-state index in [0.717, 1.165) is 83.8 Å². The smallest absolute Gasteiger partial charge is 0.206 e. The van der Waals surface area contributed by atoms with E-state index >= 15 is 0 Å². The number of hydrogen-bond donors (Lipinski definition) is 6. The van der Waals surface area contributed by atoms with Gasteiger partial charge in [-0.1, -0.05) is 0 Å². The molecule has 4 nitrogen and oxygen atoms in total. The fraction of sp³-hybridized carbons (Fsp3) is 0.600. The Bertz CT molecular complexity index is 1010. The molecule has 232 valence electrons. The topological polar surface area (TPSA) is 52.6 Å². The van der Waals surface area contributed by atoms with E-state index < -0.39 is 9.84 Å². The van der Waals surface area contributed by atoms with Crippen molar-refractivity contribution < 1.29 is 17.9 Å². The lowest BCUT2D eigenvalue weighted by atomic mass is 10.0. The summed E-state index contributed by atoms with van der Waals surface area (Å²) >= 11 is 26.3. The van der Waals surface area contributed by atoms with E-state index in [1.807, 2.05) is 0 Å². The summed E-state index contributed by atoms with van der Waals surface area (Å²) in [7, 11) is -3.82. The molecule has 0 aromatic heterocycles. The first kappa shape index (κ1) is 37.3. The number of aryl methyl sites for hydroxylation is 4. The highest BCUT2D eigenvalue weighted by atomic mass is 32.2. The Morgan fingerprint density at radius 3 is 0.976 bits per heavy atom. The van der Waals surface area contributed by atoms with Gasteiger partial charge in [0.2, 0.25) is 9.84 Å². The first-order valence-electron chi connectivity index (χ1n) is 14.3. The van der Waals surface area contributed by atoms with Gasteiger partial charge in [0.05, 0.1) is 23.0 Å². The second kappa shape index (κ2) is 20.9. The molecular weight excluding hydrogens is 649 g/mol. The fourth-order valence-electron chi connectivity index (χ4n) is 4.56. The summed E-state index contributed by atoms with van der Waals surface area (Å²) in [6.45, 7) is 1.07. The maximum atomic E-state index is 14.3. The van der Waals surface area contributed by atoms with Crippen molar-refractivity contribution in [3.63, 3.8) is 0 Å². The number of sulfone groups is 1. The number of thiol groups is 6. The average molecular weight is 695 g/mol. The van der Waals surface area contributed by atoms with E-state index in [0.29, 0.717) is 71.7 Å². The van der Waals surface area contributed by atoms with Gasteiger partial charge in [0, 0.05) is 0 Å². The normalized spacial score (nSPS) is 11.7. The zero-order chi connectivity index (χ0) is 30.1. The van der Waals surface area contributed by atoms with Gasteiger partial charge in [-0.05, 0) is 145 Å². The highest BCUT2D eigenvalue weighted by Gasteiger charge is 2.25. The van der Waals surface area contributed by atoms with Gasteiger partial charge in [-0.25, -0.2) is 8.42 Å². The Labute approximate surface area is 281 Å². The molecule has 0 spiro atoms. The second-order valence-corrected chi connectivity index (χ2v) is 14.4. The molecule has 0 fully saturated rings. The lowest BCUT2D eigenvalue weighted by molar-refractivity contribution is 0.311. The van der Waals surface area contributed by atoms with Crippen LogP contribution in [0.2, 0.25) is 0 Å². The Kier molecular flexibility index (Phi) is 19.0. The van der Waals surface area contributed by atoms with Crippen LogP contribution in [-0.4, -0.2) is 56.1 Å². The maximum absolute atomic E-state index is 14.3. The van der Waals surface area contributed by atoms with Gasteiger partial charge >= 0.3 is 0 Å². The average Bonchev–Trinajstić information content (AvgIpc) is 2.97. The third-order valence-electron chi connectivity index (χ3n) is 6.57. The van der Waals surface area contributed by atoms with Gasteiger partial charge < -0.3 is 9.47 Å². The summed E-state index contributed by atoms with van der Waals surface area (Å²) in [4.78, 5) is 0.595. The molecule has 41 heavy (non-hydrogen) atoms. The highest BCUT2D eigenvalue weighted by molar-refractivity contribution is 7.91. The quantitative estimate of drug-likeness (QED) is 0.0576. The second-order valence-electron chi connectivity index (χ2n) is 9.80. The number of benzene rings is 2. The molecule has 0 aliphatic rings. The van der Waals surface area contributed by atoms with Crippen LogP contribution in [0.5, 0.6) is 11.5 Å². The predicted octanol–water partition coefficient (Wildman–Crippen LogP) is 7.37. The van der Waals surface area contributed by atoms with Crippen molar-refractivity contribution in [2.24, 2.45) is 0 Å². The summed E-state index contributed by atoms with van der Waals surface area (Å²) < 4.78 is 41.1. The van der Waals surface area contributed by atoms with Crippen molar-refractivity contribution in [1.82, 2.24) is 0 Å². The zero-order valence-corrected chi connectivity index (χ0v) is 29.9. The van der Waals surface area contributed by atoms with Gasteiger partial charge in [-0.15, -0.1) is 0 Å². The SMILES string of the molecule is O=S(=O)(c1cc(CCCS)c(OCCCS)c(CCCS)c1)c1cc(CCCS)c(OCCCS)c(CCCS)c1. The molecule has 0 radical (unpaired) electrons. The summed E-state index contributed by atoms with van der Waals surface area (Å²) in [5, 5.41) is 0. The third-order valence-corrected chi connectivity index (χ3v) is 10.2. The first-order chi connectivity index (χ1) is 19.9. The molecule has 0 aliphatic heterocycles. The van der Waals surface area contributed by atoms with Gasteiger partial charge in [0.15, 0.2) is 0 Å². The minimum absolute atomic E-state index is 0.298. The number of ether oxygens (including phenoxy) is 2. The van der Waals surface area contributed by atoms with Crippen LogP contribution in [0.15, 0.2) is 34.1 Å². The monoisotopic (exact) mass is 694 g/mol. The van der Waals surface area contributed by atoms with E-state index in [4.69, 9.17) is 9.47 Å². The molecule has 2 aromatic rings. The van der Waals surface area contributed by atoms with Crippen LogP contribution < -0.4 is 9.47 Å². The minimum Gasteiger partial charge on any atom is -0.493 e. The molecular formula is C30H46O4S7. The highest BCUT2D eigenvalue weighted by Crippen LogP contribution is 2.36. The largest absolute Gasteiger partial charge is 0.493 e. The first-order valence-corrected chi connectivity index (χ1v) is 19.6. The van der Waals surface area contributed by atoms with E-state index in [1.54, 1.807) is 24.3 Å². The standard InChI is InChI=1S/C30H46O4S7/c31-41(32,27-19-23(7-1-13-35)29(33-11-5-17-39)24(20-27)8-2-14-36)28-21-25(9-3-15-37)30(34-12-6-18-40)26(22-28)10-4-16-38/h19-22,35-40H,1-18H2. The van der Waals surface area contributed by atoms with Crippen molar-refractivity contribution in [2.75, 3.05) is 47.7 Å². The molecule has 0 N–H and O–H groups in total. The van der Waals surface area contributed by atoms with Crippen molar-refractivity contribution in [2.45, 2.75) is 74.0 Å². The predicted molar refractivity (Wildman–Crippen MR) is 195 cm³/mol. The summed E-state index contributed by atoms with van der Waals surface area (Å²) in [6, 6.07) is 7.21. The molecule has 0 bridgehead atoms. The van der Waals surface area contributed by atoms with Crippen molar-refractivity contribution in [1.29, 1.82) is 0 Å². The van der Waals surface area contributed by atoms with Crippen LogP contribution >= 0.6 is 75.8 Å². The number of hydrogen-bond acceptors (Lipinski definition) is 10. The van der Waals surface area contributed by atoms with Crippen LogP contribution in [0.3, 0.4) is 0 Å². The molecule has 0 unspecified atom stereocenters. The molecule has 0 atom stereocenters. The lowest BCUT2D eigenvalue weighted by Gasteiger charge is -2.20. The van der Waals surface area contributed by atoms with E-state index in [-0.39, 0.29) is 0 Å². The van der Waals surface area contributed by atoms with E-state index in [1.165, 1.54) is 0 Å². The molecule has 0 aliphatic carbocycles. The summed E-state index contributed by atoms with van der Waals surface area (Å²) in [6.07, 6.45) is 7.67. The van der Waals surface area contributed by atoms with Gasteiger partial charge in [-0.3, -0.25) is 0 Å². The summed E-state index contributed by atoms with van der Waals surface area (Å²) in [5.74, 6) is 5.87. The van der Waals surface area contributed by atoms with Gasteiger partial charge in [0.25, 0.3) is 0 Å². The van der Waals surface area contributed by atoms with Crippen LogP contribution in [-0.2, 0) is 35.5 Å².